The van der Waals surface area contributed by atoms with Crippen LogP contribution in [0.15, 0.2) is 36.5 Å². The van der Waals surface area contributed by atoms with Crippen molar-refractivity contribution in [3.05, 3.63) is 47.8 Å². The largest absolute Gasteiger partial charge is 0.255 e. The van der Waals surface area contributed by atoms with Crippen molar-refractivity contribution < 1.29 is 0 Å². The van der Waals surface area contributed by atoms with Gasteiger partial charge in [-0.25, -0.2) is 0 Å². The molecule has 5 rings (SSSR count). The van der Waals surface area contributed by atoms with Crippen molar-refractivity contribution in [2.24, 2.45) is 11.3 Å². The molecule has 2 aromatic rings. The topological polar surface area (TPSA) is 25.8 Å². The van der Waals surface area contributed by atoms with Crippen LogP contribution >= 0.6 is 0 Å². The minimum Gasteiger partial charge on any atom is -0.255 e. The number of nitrogens with zero attached hydrogens (tertiary/aromatic N) is 2. The first kappa shape index (κ1) is 11.2. The van der Waals surface area contributed by atoms with Crippen LogP contribution in [-0.4, -0.2) is 9.97 Å². The van der Waals surface area contributed by atoms with E-state index >= 15 is 0 Å². The number of hydrogen-bond acceptors (Lipinski definition) is 2. The molecule has 2 nitrogen and oxygen atoms in total. The minimum atomic E-state index is 0.433. The molecule has 3 aliphatic carbocycles. The Balaban J connectivity index is 1.81. The summed E-state index contributed by atoms with van der Waals surface area (Å²) in [6.45, 7) is 4.79. The van der Waals surface area contributed by atoms with Gasteiger partial charge in [-0.15, -0.1) is 0 Å². The van der Waals surface area contributed by atoms with Crippen molar-refractivity contribution in [1.29, 1.82) is 0 Å². The second-order valence-corrected chi connectivity index (χ2v) is 6.47. The Morgan fingerprint density at radius 2 is 2.00 bits per heavy atom. The minimum absolute atomic E-state index is 0.433. The fourth-order valence-electron chi connectivity index (χ4n) is 3.73. The molecular formula is C17H18N2. The Kier molecular flexibility index (Phi) is 2.15. The van der Waals surface area contributed by atoms with Gasteiger partial charge in [-0.2, -0.15) is 0 Å². The van der Waals surface area contributed by atoms with E-state index in [0.717, 1.165) is 17.3 Å². The summed E-state index contributed by atoms with van der Waals surface area (Å²) in [6, 6.07) is 10.4. The van der Waals surface area contributed by atoms with Crippen LogP contribution in [-0.2, 0) is 6.42 Å². The smallest absolute Gasteiger partial charge is 0.0889 e. The van der Waals surface area contributed by atoms with Crippen LogP contribution in [0.5, 0.6) is 0 Å². The average molecular weight is 250 g/mol. The van der Waals surface area contributed by atoms with E-state index in [-0.39, 0.29) is 0 Å². The molecular weight excluding hydrogens is 232 g/mol. The molecule has 2 aromatic heterocycles. The van der Waals surface area contributed by atoms with Crippen molar-refractivity contribution in [3.8, 4) is 11.4 Å². The molecule has 3 aliphatic rings. The van der Waals surface area contributed by atoms with Gasteiger partial charge in [-0.3, -0.25) is 9.97 Å². The number of hydrogen-bond donors (Lipinski definition) is 0. The maximum Gasteiger partial charge on any atom is 0.0889 e. The summed E-state index contributed by atoms with van der Waals surface area (Å²) in [5, 5.41) is 0. The van der Waals surface area contributed by atoms with Gasteiger partial charge in [0.05, 0.1) is 11.4 Å². The third kappa shape index (κ3) is 1.49. The summed E-state index contributed by atoms with van der Waals surface area (Å²) >= 11 is 0. The van der Waals surface area contributed by atoms with Gasteiger partial charge in [0.2, 0.25) is 0 Å². The highest BCUT2D eigenvalue weighted by molar-refractivity contribution is 5.55. The first-order valence-corrected chi connectivity index (χ1v) is 7.07. The summed E-state index contributed by atoms with van der Waals surface area (Å²) in [6.07, 6.45) is 4.35. The highest BCUT2D eigenvalue weighted by atomic mass is 14.8. The molecule has 2 atom stereocenters. The Morgan fingerprint density at radius 1 is 1.11 bits per heavy atom. The highest BCUT2D eigenvalue weighted by Gasteiger charge is 2.53. The van der Waals surface area contributed by atoms with E-state index < -0.39 is 0 Å². The van der Waals surface area contributed by atoms with Gasteiger partial charge in [0.1, 0.15) is 0 Å². The normalized spacial score (nSPS) is 26.4. The molecule has 96 valence electrons. The van der Waals surface area contributed by atoms with E-state index in [1.165, 1.54) is 24.1 Å². The van der Waals surface area contributed by atoms with Crippen molar-refractivity contribution >= 4 is 0 Å². The molecule has 0 amide bonds. The standard InChI is InChI=1S/C17H18N2/c1-17(2)12-9-11-6-7-15(14-5-3-4-8-18-14)19-16(11)13(17)10-12/h3-8,12-13H,9-10H2,1-2H3/t12?,13-/m0/s1. The van der Waals surface area contributed by atoms with Crippen LogP contribution in [0.25, 0.3) is 11.4 Å². The van der Waals surface area contributed by atoms with Crippen LogP contribution in [0, 0.1) is 11.3 Å². The second-order valence-electron chi connectivity index (χ2n) is 6.47. The summed E-state index contributed by atoms with van der Waals surface area (Å²) in [7, 11) is 0. The van der Waals surface area contributed by atoms with E-state index in [1.807, 2.05) is 24.4 Å². The zero-order chi connectivity index (χ0) is 13.0. The Labute approximate surface area is 113 Å². The fraction of sp³-hybridized carbons (Fsp3) is 0.412. The molecule has 1 saturated carbocycles. The molecule has 0 saturated heterocycles. The van der Waals surface area contributed by atoms with Gasteiger partial charge in [0.25, 0.3) is 0 Å². The van der Waals surface area contributed by atoms with E-state index in [0.29, 0.717) is 11.3 Å². The summed E-state index contributed by atoms with van der Waals surface area (Å²) in [4.78, 5) is 9.35. The molecule has 2 bridgehead atoms. The van der Waals surface area contributed by atoms with Crippen LogP contribution in [0.1, 0.15) is 37.4 Å². The van der Waals surface area contributed by atoms with Gasteiger partial charge in [0, 0.05) is 17.8 Å². The van der Waals surface area contributed by atoms with E-state index in [9.17, 15) is 0 Å². The van der Waals surface area contributed by atoms with Gasteiger partial charge in [-0.1, -0.05) is 26.0 Å². The Hall–Kier alpha value is -1.70. The van der Waals surface area contributed by atoms with E-state index in [2.05, 4.69) is 31.0 Å². The van der Waals surface area contributed by atoms with Gasteiger partial charge in [0.15, 0.2) is 0 Å². The predicted molar refractivity (Wildman–Crippen MR) is 75.8 cm³/mol. The fourth-order valence-corrected chi connectivity index (χ4v) is 3.73. The predicted octanol–water partition coefficient (Wildman–Crippen LogP) is 3.83. The van der Waals surface area contributed by atoms with Crippen molar-refractivity contribution in [2.45, 2.75) is 32.6 Å². The number of pyridine rings is 2. The van der Waals surface area contributed by atoms with Gasteiger partial charge >= 0.3 is 0 Å². The quantitative estimate of drug-likeness (QED) is 0.768. The van der Waals surface area contributed by atoms with E-state index in [1.54, 1.807) is 0 Å². The molecule has 0 N–H and O–H groups in total. The van der Waals surface area contributed by atoms with Crippen LogP contribution in [0.4, 0.5) is 0 Å². The van der Waals surface area contributed by atoms with Crippen LogP contribution in [0.3, 0.4) is 0 Å². The molecule has 0 spiro atoms. The summed E-state index contributed by atoms with van der Waals surface area (Å²) in [5.74, 6) is 1.50. The first-order valence-electron chi connectivity index (χ1n) is 7.07. The maximum absolute atomic E-state index is 4.94. The third-order valence-corrected chi connectivity index (χ3v) is 5.21. The molecule has 2 heteroatoms. The lowest BCUT2D eigenvalue weighted by atomic mass is 9.48. The zero-order valence-electron chi connectivity index (χ0n) is 11.4. The highest BCUT2D eigenvalue weighted by Crippen LogP contribution is 2.61. The van der Waals surface area contributed by atoms with Gasteiger partial charge in [-0.05, 0) is 47.9 Å². The Bertz CT molecular complexity index is 631. The number of rotatable bonds is 1. The zero-order valence-corrected chi connectivity index (χ0v) is 11.4. The molecule has 1 unspecified atom stereocenters. The average Bonchev–Trinajstić information content (AvgIpc) is 2.46. The monoisotopic (exact) mass is 250 g/mol. The van der Waals surface area contributed by atoms with Crippen molar-refractivity contribution in [3.63, 3.8) is 0 Å². The lowest BCUT2D eigenvalue weighted by Gasteiger charge is -2.56. The van der Waals surface area contributed by atoms with Crippen LogP contribution < -0.4 is 0 Å². The molecule has 0 radical (unpaired) electrons. The molecule has 2 heterocycles. The summed E-state index contributed by atoms with van der Waals surface area (Å²) in [5.41, 5.74) is 5.21. The Morgan fingerprint density at radius 3 is 2.74 bits per heavy atom. The first-order chi connectivity index (χ1) is 9.16. The van der Waals surface area contributed by atoms with Crippen LogP contribution in [0.2, 0.25) is 0 Å². The molecule has 19 heavy (non-hydrogen) atoms. The van der Waals surface area contributed by atoms with E-state index in [4.69, 9.17) is 4.98 Å². The maximum atomic E-state index is 4.94. The SMILES string of the molecule is CC1(C)C2Cc3ccc(-c4ccccn4)nc3[C@@H]1C2. The molecule has 1 fully saturated rings. The third-order valence-electron chi connectivity index (χ3n) is 5.21. The lowest BCUT2D eigenvalue weighted by Crippen LogP contribution is -2.48. The molecule has 0 aromatic carbocycles. The second kappa shape index (κ2) is 3.66. The molecule has 0 aliphatic heterocycles. The van der Waals surface area contributed by atoms with Crippen molar-refractivity contribution in [1.82, 2.24) is 9.97 Å². The van der Waals surface area contributed by atoms with Crippen molar-refractivity contribution in [2.75, 3.05) is 0 Å². The summed E-state index contributed by atoms with van der Waals surface area (Å²) < 4.78 is 0. The number of aromatic nitrogens is 2. The van der Waals surface area contributed by atoms with Gasteiger partial charge < -0.3 is 0 Å². The lowest BCUT2D eigenvalue weighted by molar-refractivity contribution is 0.0156.